The van der Waals surface area contributed by atoms with Crippen LogP contribution >= 0.6 is 15.9 Å². The summed E-state index contributed by atoms with van der Waals surface area (Å²) in [6.07, 6.45) is 1.04. The Balaban J connectivity index is 2.36. The smallest absolute Gasteiger partial charge is 0.131 e. The number of hydrogen-bond donors (Lipinski definition) is 0. The molecule has 2 atom stereocenters. The van der Waals surface area contributed by atoms with Crippen LogP contribution in [0.1, 0.15) is 44.5 Å². The van der Waals surface area contributed by atoms with E-state index in [1.54, 1.807) is 6.07 Å². The van der Waals surface area contributed by atoms with Gasteiger partial charge >= 0.3 is 0 Å². The molecule has 0 fully saturated rings. The summed E-state index contributed by atoms with van der Waals surface area (Å²) in [5.41, 5.74) is 1.46. The van der Waals surface area contributed by atoms with Crippen LogP contribution in [-0.2, 0) is 0 Å². The molecule has 0 aliphatic carbocycles. The highest BCUT2D eigenvalue weighted by Crippen LogP contribution is 2.40. The van der Waals surface area contributed by atoms with Crippen LogP contribution in [0.4, 0.5) is 4.39 Å². The zero-order chi connectivity index (χ0) is 14.9. The molecule has 0 aliphatic heterocycles. The Morgan fingerprint density at radius 3 is 2.25 bits per heavy atom. The zero-order valence-corrected chi connectivity index (χ0v) is 14.2. The lowest BCUT2D eigenvalue weighted by Gasteiger charge is -2.29. The van der Waals surface area contributed by atoms with Crippen molar-refractivity contribution in [3.05, 3.63) is 47.8 Å². The van der Waals surface area contributed by atoms with Crippen molar-refractivity contribution >= 4 is 26.7 Å². The fourth-order valence-electron chi connectivity index (χ4n) is 2.35. The lowest BCUT2D eigenvalue weighted by atomic mass is 9.78. The van der Waals surface area contributed by atoms with E-state index >= 15 is 0 Å². The van der Waals surface area contributed by atoms with Crippen LogP contribution in [0.2, 0.25) is 0 Å². The Morgan fingerprint density at radius 1 is 1.05 bits per heavy atom. The summed E-state index contributed by atoms with van der Waals surface area (Å²) >= 11 is 3.80. The SMILES string of the molecule is CC(CC(Br)c1ccc(F)c2ccccc12)C(C)(C)C. The summed E-state index contributed by atoms with van der Waals surface area (Å²) in [6.45, 7) is 9.07. The molecule has 0 N–H and O–H groups in total. The van der Waals surface area contributed by atoms with E-state index < -0.39 is 0 Å². The average Bonchev–Trinajstić information content (AvgIpc) is 2.38. The van der Waals surface area contributed by atoms with Gasteiger partial charge in [-0.1, -0.05) is 74.0 Å². The second-order valence-corrected chi connectivity index (χ2v) is 7.76. The van der Waals surface area contributed by atoms with Gasteiger partial charge in [0.2, 0.25) is 0 Å². The molecule has 0 radical (unpaired) electrons. The highest BCUT2D eigenvalue weighted by atomic mass is 79.9. The maximum Gasteiger partial charge on any atom is 0.131 e. The van der Waals surface area contributed by atoms with E-state index in [-0.39, 0.29) is 16.1 Å². The Hall–Kier alpha value is -0.890. The highest BCUT2D eigenvalue weighted by Gasteiger charge is 2.24. The monoisotopic (exact) mass is 336 g/mol. The van der Waals surface area contributed by atoms with Crippen molar-refractivity contribution in [2.24, 2.45) is 11.3 Å². The molecule has 2 aromatic carbocycles. The first-order valence-electron chi connectivity index (χ1n) is 7.12. The minimum absolute atomic E-state index is 0.145. The van der Waals surface area contributed by atoms with Crippen LogP contribution in [0, 0.1) is 17.2 Å². The molecule has 0 amide bonds. The third-order valence-corrected chi connectivity index (χ3v) is 5.15. The van der Waals surface area contributed by atoms with Crippen molar-refractivity contribution in [3.63, 3.8) is 0 Å². The molecular formula is C18H22BrF. The first kappa shape index (κ1) is 15.5. The Bertz CT molecular complexity index is 598. The summed E-state index contributed by atoms with van der Waals surface area (Å²) in [7, 11) is 0. The van der Waals surface area contributed by atoms with Crippen LogP contribution in [-0.4, -0.2) is 0 Å². The third-order valence-electron chi connectivity index (χ3n) is 4.28. The summed E-state index contributed by atoms with van der Waals surface area (Å²) in [5, 5.41) is 1.72. The van der Waals surface area contributed by atoms with Crippen molar-refractivity contribution in [1.29, 1.82) is 0 Å². The quantitative estimate of drug-likeness (QED) is 0.562. The molecule has 0 aliphatic rings. The summed E-state index contributed by atoms with van der Waals surface area (Å²) in [6, 6.07) is 11.2. The van der Waals surface area contributed by atoms with Crippen molar-refractivity contribution < 1.29 is 4.39 Å². The van der Waals surface area contributed by atoms with Crippen LogP contribution in [0.15, 0.2) is 36.4 Å². The molecule has 0 saturated carbocycles. The molecule has 0 aromatic heterocycles. The van der Waals surface area contributed by atoms with Crippen molar-refractivity contribution in [2.75, 3.05) is 0 Å². The van der Waals surface area contributed by atoms with Gasteiger partial charge in [0.15, 0.2) is 0 Å². The lowest BCUT2D eigenvalue weighted by molar-refractivity contribution is 0.247. The predicted octanol–water partition coefficient (Wildman–Crippen LogP) is 6.49. The van der Waals surface area contributed by atoms with Crippen LogP contribution in [0.5, 0.6) is 0 Å². The fourth-order valence-corrected chi connectivity index (χ4v) is 3.31. The second-order valence-electron chi connectivity index (χ2n) is 6.65. The second kappa shape index (κ2) is 5.85. The van der Waals surface area contributed by atoms with Gasteiger partial charge in [0.1, 0.15) is 5.82 Å². The number of hydrogen-bond acceptors (Lipinski definition) is 0. The van der Waals surface area contributed by atoms with Crippen molar-refractivity contribution in [3.8, 4) is 0 Å². The maximum atomic E-state index is 13.9. The highest BCUT2D eigenvalue weighted by molar-refractivity contribution is 9.09. The zero-order valence-electron chi connectivity index (χ0n) is 12.6. The van der Waals surface area contributed by atoms with E-state index in [0.29, 0.717) is 11.3 Å². The molecular weight excluding hydrogens is 315 g/mol. The van der Waals surface area contributed by atoms with Gasteiger partial charge in [-0.25, -0.2) is 4.39 Å². The van der Waals surface area contributed by atoms with Gasteiger partial charge in [-0.05, 0) is 34.8 Å². The molecule has 2 aromatic rings. The van der Waals surface area contributed by atoms with Gasteiger partial charge in [0.25, 0.3) is 0 Å². The van der Waals surface area contributed by atoms with E-state index in [4.69, 9.17) is 0 Å². The number of halogens is 2. The Labute approximate surface area is 129 Å². The van der Waals surface area contributed by atoms with Crippen molar-refractivity contribution in [1.82, 2.24) is 0 Å². The predicted molar refractivity (Wildman–Crippen MR) is 88.8 cm³/mol. The molecule has 108 valence electrons. The minimum Gasteiger partial charge on any atom is -0.206 e. The minimum atomic E-state index is -0.145. The van der Waals surface area contributed by atoms with E-state index in [0.717, 1.165) is 11.8 Å². The third kappa shape index (κ3) is 3.22. The molecule has 0 nitrogen and oxygen atoms in total. The molecule has 20 heavy (non-hydrogen) atoms. The largest absolute Gasteiger partial charge is 0.206 e. The van der Waals surface area contributed by atoms with Gasteiger partial charge < -0.3 is 0 Å². The standard InChI is InChI=1S/C18H22BrF/c1-12(18(2,3)4)11-16(19)14-9-10-17(20)15-8-6-5-7-13(14)15/h5-10,12,16H,11H2,1-4H3. The first-order valence-corrected chi connectivity index (χ1v) is 8.03. The van der Waals surface area contributed by atoms with Gasteiger partial charge in [-0.2, -0.15) is 0 Å². The van der Waals surface area contributed by atoms with Crippen LogP contribution in [0.3, 0.4) is 0 Å². The van der Waals surface area contributed by atoms with Gasteiger partial charge in [0, 0.05) is 10.2 Å². The number of benzene rings is 2. The van der Waals surface area contributed by atoms with E-state index in [9.17, 15) is 4.39 Å². The molecule has 2 unspecified atom stereocenters. The first-order chi connectivity index (χ1) is 9.30. The van der Waals surface area contributed by atoms with E-state index in [1.165, 1.54) is 5.56 Å². The molecule has 2 rings (SSSR count). The molecule has 0 spiro atoms. The Kier molecular flexibility index (Phi) is 4.53. The van der Waals surface area contributed by atoms with Gasteiger partial charge in [0.05, 0.1) is 0 Å². The maximum absolute atomic E-state index is 13.9. The normalized spacial score (nSPS) is 15.3. The Morgan fingerprint density at radius 2 is 1.65 bits per heavy atom. The van der Waals surface area contributed by atoms with Gasteiger partial charge in [-0.3, -0.25) is 0 Å². The molecule has 2 heteroatoms. The van der Waals surface area contributed by atoms with E-state index in [1.807, 2.05) is 30.3 Å². The van der Waals surface area contributed by atoms with Crippen molar-refractivity contribution in [2.45, 2.75) is 38.9 Å². The van der Waals surface area contributed by atoms with Crippen LogP contribution in [0.25, 0.3) is 10.8 Å². The van der Waals surface area contributed by atoms with Gasteiger partial charge in [-0.15, -0.1) is 0 Å². The number of alkyl halides is 1. The number of fused-ring (bicyclic) bond motifs is 1. The average molecular weight is 337 g/mol. The molecule has 0 saturated heterocycles. The number of rotatable bonds is 3. The lowest BCUT2D eigenvalue weighted by Crippen LogP contribution is -2.18. The van der Waals surface area contributed by atoms with E-state index in [2.05, 4.69) is 43.6 Å². The fraction of sp³-hybridized carbons (Fsp3) is 0.444. The summed E-state index contributed by atoms with van der Waals surface area (Å²) in [4.78, 5) is 0.252. The summed E-state index contributed by atoms with van der Waals surface area (Å²) in [5.74, 6) is 0.434. The van der Waals surface area contributed by atoms with Crippen LogP contribution < -0.4 is 0 Å². The topological polar surface area (TPSA) is 0 Å². The molecule has 0 heterocycles. The summed E-state index contributed by atoms with van der Waals surface area (Å²) < 4.78 is 13.9. The molecule has 0 bridgehead atoms.